The average molecular weight is 363 g/mol. The first kappa shape index (κ1) is 16.6. The van der Waals surface area contributed by atoms with Crippen LogP contribution in [-0.4, -0.2) is 56.7 Å². The van der Waals surface area contributed by atoms with Crippen molar-refractivity contribution in [3.63, 3.8) is 0 Å². The van der Waals surface area contributed by atoms with E-state index in [0.29, 0.717) is 23.5 Å². The molecule has 4 atom stereocenters. The molecule has 2 aromatic heterocycles. The maximum absolute atomic E-state index is 12.6. The molecule has 3 saturated heterocycles. The number of rotatable bonds is 6. The molecule has 0 radical (unpaired) electrons. The molecule has 0 spiro atoms. The number of carbonyl (C=O) groups excluding carboxylic acids is 1. The second-order valence-electron chi connectivity index (χ2n) is 6.93. The molecule has 5 rings (SSSR count). The van der Waals surface area contributed by atoms with Gasteiger partial charge in [0, 0.05) is 43.6 Å². The molecule has 9 heteroatoms. The largest absolute Gasteiger partial charge is 0.396 e. The van der Waals surface area contributed by atoms with Crippen LogP contribution in [0.25, 0.3) is 0 Å². The van der Waals surface area contributed by atoms with Gasteiger partial charge in [0.05, 0.1) is 31.2 Å². The Labute approximate surface area is 149 Å². The predicted molar refractivity (Wildman–Crippen MR) is 92.3 cm³/mol. The number of aromatic nitrogens is 4. The number of amides is 1. The number of nitrogens with one attached hydrogen (secondary N) is 2. The van der Waals surface area contributed by atoms with Gasteiger partial charge in [-0.05, 0) is 5.92 Å². The number of anilines is 1. The third-order valence-electron chi connectivity index (χ3n) is 5.41. The number of piperidine rings is 3. The summed E-state index contributed by atoms with van der Waals surface area (Å²) in [4.78, 5) is 18.2. The van der Waals surface area contributed by atoms with Crippen molar-refractivity contribution in [1.29, 1.82) is 0 Å². The smallest absolute Gasteiger partial charge is 0.235 e. The number of thiazole rings is 1. The van der Waals surface area contributed by atoms with Crippen molar-refractivity contribution in [2.45, 2.75) is 31.8 Å². The maximum Gasteiger partial charge on any atom is 0.235 e. The van der Waals surface area contributed by atoms with E-state index in [1.165, 1.54) is 16.2 Å². The highest BCUT2D eigenvalue weighted by molar-refractivity contribution is 7.13. The highest BCUT2D eigenvalue weighted by Gasteiger charge is 2.46. The van der Waals surface area contributed by atoms with Gasteiger partial charge in [-0.25, -0.2) is 9.67 Å². The molecule has 0 saturated carbocycles. The van der Waals surface area contributed by atoms with Crippen LogP contribution in [0.5, 0.6) is 0 Å². The van der Waals surface area contributed by atoms with Crippen molar-refractivity contribution in [2.75, 3.05) is 25.0 Å². The molecule has 1 amide bonds. The van der Waals surface area contributed by atoms with E-state index in [-0.39, 0.29) is 18.4 Å². The first-order valence-electron chi connectivity index (χ1n) is 8.77. The minimum absolute atomic E-state index is 0.0737. The monoisotopic (exact) mass is 363 g/mol. The van der Waals surface area contributed by atoms with Crippen molar-refractivity contribution >= 4 is 22.4 Å². The highest BCUT2D eigenvalue weighted by Crippen LogP contribution is 2.28. The SMILES string of the molecule is O=C(Nc1nccs1)[C@H]1C[NH+]2CC[C@@H]1C[C@@H]2Cn1cc(CCO)nn1. The van der Waals surface area contributed by atoms with Crippen molar-refractivity contribution in [3.05, 3.63) is 23.5 Å². The van der Waals surface area contributed by atoms with Crippen LogP contribution in [0.2, 0.25) is 0 Å². The van der Waals surface area contributed by atoms with Gasteiger partial charge in [0.15, 0.2) is 5.13 Å². The summed E-state index contributed by atoms with van der Waals surface area (Å²) in [5.74, 6) is 0.620. The first-order chi connectivity index (χ1) is 12.2. The molecule has 1 unspecified atom stereocenters. The molecule has 3 aliphatic heterocycles. The number of fused-ring (bicyclic) bond motifs is 3. The lowest BCUT2D eigenvalue weighted by atomic mass is 9.75. The lowest BCUT2D eigenvalue weighted by Crippen LogP contribution is -3.20. The van der Waals surface area contributed by atoms with Crippen LogP contribution in [0.3, 0.4) is 0 Å². The van der Waals surface area contributed by atoms with Crippen LogP contribution in [0.4, 0.5) is 5.13 Å². The Bertz CT molecular complexity index is 718. The molecule has 0 aromatic carbocycles. The molecule has 134 valence electrons. The molecule has 3 N–H and O–H groups in total. The van der Waals surface area contributed by atoms with Crippen molar-refractivity contribution in [3.8, 4) is 0 Å². The third-order valence-corrected chi connectivity index (χ3v) is 6.10. The lowest BCUT2D eigenvalue weighted by Gasteiger charge is -2.46. The number of aliphatic hydroxyl groups excluding tert-OH is 1. The Kier molecular flexibility index (Phi) is 4.78. The Hall–Kier alpha value is -1.84. The zero-order chi connectivity index (χ0) is 17.2. The molecule has 8 nitrogen and oxygen atoms in total. The number of hydrogen-bond acceptors (Lipinski definition) is 6. The van der Waals surface area contributed by atoms with Crippen LogP contribution < -0.4 is 10.2 Å². The quantitative estimate of drug-likeness (QED) is 0.624. The Morgan fingerprint density at radius 1 is 1.52 bits per heavy atom. The van der Waals surface area contributed by atoms with Gasteiger partial charge in [-0.3, -0.25) is 4.79 Å². The fourth-order valence-corrected chi connectivity index (χ4v) is 4.72. The number of quaternary nitrogens is 1. The van der Waals surface area contributed by atoms with Crippen molar-refractivity contribution in [1.82, 2.24) is 20.0 Å². The minimum atomic E-state index is 0.0737. The van der Waals surface area contributed by atoms with Crippen molar-refractivity contribution in [2.24, 2.45) is 11.8 Å². The minimum Gasteiger partial charge on any atom is -0.396 e. The first-order valence-corrected chi connectivity index (χ1v) is 9.65. The Morgan fingerprint density at radius 3 is 3.16 bits per heavy atom. The van der Waals surface area contributed by atoms with E-state index >= 15 is 0 Å². The molecule has 25 heavy (non-hydrogen) atoms. The van der Waals surface area contributed by atoms with E-state index in [4.69, 9.17) is 5.11 Å². The fraction of sp³-hybridized carbons (Fsp3) is 0.625. The summed E-state index contributed by atoms with van der Waals surface area (Å²) in [5.41, 5.74) is 0.828. The summed E-state index contributed by atoms with van der Waals surface area (Å²) in [7, 11) is 0. The van der Waals surface area contributed by atoms with Gasteiger partial charge < -0.3 is 15.3 Å². The van der Waals surface area contributed by atoms with Crippen LogP contribution in [0, 0.1) is 11.8 Å². The van der Waals surface area contributed by atoms with E-state index in [0.717, 1.165) is 38.2 Å². The summed E-state index contributed by atoms with van der Waals surface area (Å²) in [6, 6.07) is 0.478. The topological polar surface area (TPSA) is 97.4 Å². The Balaban J connectivity index is 1.37. The van der Waals surface area contributed by atoms with E-state index in [2.05, 4.69) is 20.6 Å². The van der Waals surface area contributed by atoms with Gasteiger partial charge in [0.1, 0.15) is 6.04 Å². The van der Waals surface area contributed by atoms with Gasteiger partial charge >= 0.3 is 0 Å². The number of nitrogens with zero attached hydrogens (tertiary/aromatic N) is 4. The molecule has 5 heterocycles. The number of carbonyl (C=O) groups is 1. The second kappa shape index (κ2) is 7.19. The zero-order valence-corrected chi connectivity index (χ0v) is 14.8. The van der Waals surface area contributed by atoms with E-state index < -0.39 is 0 Å². The number of hydrogen-bond donors (Lipinski definition) is 3. The summed E-state index contributed by atoms with van der Waals surface area (Å²) in [5, 5.41) is 22.8. The molecule has 3 aliphatic rings. The maximum atomic E-state index is 12.6. The van der Waals surface area contributed by atoms with Gasteiger partial charge in [0.25, 0.3) is 0 Å². The number of aliphatic hydroxyl groups is 1. The molecular weight excluding hydrogens is 340 g/mol. The van der Waals surface area contributed by atoms with Crippen LogP contribution in [0.15, 0.2) is 17.8 Å². The van der Waals surface area contributed by atoms with Crippen molar-refractivity contribution < 1.29 is 14.8 Å². The molecule has 2 aromatic rings. The summed E-state index contributed by atoms with van der Waals surface area (Å²) < 4.78 is 1.88. The van der Waals surface area contributed by atoms with Gasteiger partial charge in [-0.2, -0.15) is 0 Å². The molecule has 3 fully saturated rings. The van der Waals surface area contributed by atoms with Crippen LogP contribution in [0.1, 0.15) is 18.5 Å². The standard InChI is InChI=1S/C16H22N6O2S/c23-5-2-12-8-22(20-19-12)9-13-7-11-1-4-21(13)10-14(11)15(24)18-16-17-3-6-25-16/h3,6,8,11,13-14,23H,1-2,4-5,7,9-10H2,(H,17,18,24)/p+1/t11-,13-,14+/m1/s1. The predicted octanol–water partition coefficient (Wildman–Crippen LogP) is -0.799. The summed E-state index contributed by atoms with van der Waals surface area (Å²) >= 11 is 1.46. The van der Waals surface area contributed by atoms with Crippen LogP contribution in [-0.2, 0) is 17.8 Å². The highest BCUT2D eigenvalue weighted by atomic mass is 32.1. The van der Waals surface area contributed by atoms with E-state index in [9.17, 15) is 4.79 Å². The Morgan fingerprint density at radius 2 is 2.44 bits per heavy atom. The zero-order valence-electron chi connectivity index (χ0n) is 14.0. The average Bonchev–Trinajstić information content (AvgIpc) is 3.28. The summed E-state index contributed by atoms with van der Waals surface area (Å²) in [6.07, 6.45) is 6.32. The van der Waals surface area contributed by atoms with Gasteiger partial charge in [-0.15, -0.1) is 16.4 Å². The molecule has 0 aliphatic carbocycles. The summed E-state index contributed by atoms with van der Waals surface area (Å²) in [6.45, 7) is 2.92. The van der Waals surface area contributed by atoms with Gasteiger partial charge in [0.2, 0.25) is 5.91 Å². The molecule has 2 bridgehead atoms. The lowest BCUT2D eigenvalue weighted by molar-refractivity contribution is -0.945. The normalized spacial score (nSPS) is 28.2. The fourth-order valence-electron chi connectivity index (χ4n) is 4.18. The second-order valence-corrected chi connectivity index (χ2v) is 7.83. The van der Waals surface area contributed by atoms with Crippen LogP contribution >= 0.6 is 11.3 Å². The third kappa shape index (κ3) is 3.58. The van der Waals surface area contributed by atoms with E-state index in [1.54, 1.807) is 6.20 Å². The van der Waals surface area contributed by atoms with Gasteiger partial charge in [-0.1, -0.05) is 5.21 Å². The molecular formula is C16H23N6O2S+. The van der Waals surface area contributed by atoms with E-state index in [1.807, 2.05) is 16.3 Å².